The van der Waals surface area contributed by atoms with E-state index in [1.807, 2.05) is 0 Å². The summed E-state index contributed by atoms with van der Waals surface area (Å²) >= 11 is 0. The van der Waals surface area contributed by atoms with Gasteiger partial charge in [0, 0.05) is 5.69 Å². The number of nitrogens with two attached hydrogens (primary N) is 1. The van der Waals surface area contributed by atoms with Gasteiger partial charge in [0.2, 0.25) is 5.91 Å². The van der Waals surface area contributed by atoms with Gasteiger partial charge in [0.05, 0.1) is 18.2 Å². The van der Waals surface area contributed by atoms with Crippen molar-refractivity contribution in [2.45, 2.75) is 25.8 Å². The molecule has 1 atom stereocenters. The Morgan fingerprint density at radius 1 is 1.47 bits per heavy atom. The lowest BCUT2D eigenvalue weighted by atomic mass is 9.99. The predicted octanol–water partition coefficient (Wildman–Crippen LogP) is 1.68. The van der Waals surface area contributed by atoms with Crippen LogP contribution in [0.1, 0.15) is 30.6 Å². The summed E-state index contributed by atoms with van der Waals surface area (Å²) in [5.41, 5.74) is 4.80. The number of methoxy groups -OCH3 is 1. The van der Waals surface area contributed by atoms with Gasteiger partial charge in [-0.25, -0.2) is 9.18 Å². The van der Waals surface area contributed by atoms with Crippen LogP contribution in [0, 0.1) is 5.82 Å². The number of hydrogen-bond acceptors (Lipinski definition) is 4. The van der Waals surface area contributed by atoms with E-state index in [2.05, 4.69) is 10.1 Å². The molecule has 0 heterocycles. The summed E-state index contributed by atoms with van der Waals surface area (Å²) in [6.07, 6.45) is 0.448. The Labute approximate surface area is 110 Å². The monoisotopic (exact) mass is 268 g/mol. The Morgan fingerprint density at radius 2 is 2.11 bits per heavy atom. The van der Waals surface area contributed by atoms with Crippen molar-refractivity contribution in [3.8, 4) is 0 Å². The number of hydrogen-bond donors (Lipinski definition) is 2. The first-order valence-corrected chi connectivity index (χ1v) is 5.80. The summed E-state index contributed by atoms with van der Waals surface area (Å²) in [7, 11) is 1.15. The van der Waals surface area contributed by atoms with Gasteiger partial charge in [-0.2, -0.15) is 0 Å². The van der Waals surface area contributed by atoms with Crippen LogP contribution in [-0.2, 0) is 9.53 Å². The highest BCUT2D eigenvalue weighted by Crippen LogP contribution is 2.17. The van der Waals surface area contributed by atoms with Crippen molar-refractivity contribution in [3.05, 3.63) is 29.6 Å². The number of rotatable bonds is 4. The summed E-state index contributed by atoms with van der Waals surface area (Å²) in [5, 5.41) is 2.54. The standard InChI is InChI=1S/C13H17FN2O3/c1-4-13(2,15)12(18)16-8-5-6-10(14)9(7-8)11(17)19-3/h5-7H,4,15H2,1-3H3,(H,16,18). The van der Waals surface area contributed by atoms with E-state index in [4.69, 9.17) is 5.73 Å². The second-order valence-corrected chi connectivity index (χ2v) is 4.41. The average Bonchev–Trinajstić information content (AvgIpc) is 2.39. The number of carbonyl (C=O) groups is 2. The molecule has 0 aliphatic rings. The van der Waals surface area contributed by atoms with Crippen LogP contribution in [0.25, 0.3) is 0 Å². The van der Waals surface area contributed by atoms with Gasteiger partial charge >= 0.3 is 5.97 Å². The zero-order chi connectivity index (χ0) is 14.6. The number of esters is 1. The van der Waals surface area contributed by atoms with E-state index in [1.54, 1.807) is 13.8 Å². The molecule has 19 heavy (non-hydrogen) atoms. The lowest BCUT2D eigenvalue weighted by Crippen LogP contribution is -2.47. The van der Waals surface area contributed by atoms with E-state index in [1.165, 1.54) is 12.1 Å². The van der Waals surface area contributed by atoms with Gasteiger partial charge in [-0.1, -0.05) is 6.92 Å². The highest BCUT2D eigenvalue weighted by atomic mass is 19.1. The van der Waals surface area contributed by atoms with E-state index in [0.717, 1.165) is 13.2 Å². The van der Waals surface area contributed by atoms with Crippen LogP contribution in [0.4, 0.5) is 10.1 Å². The molecule has 0 aromatic heterocycles. The fourth-order valence-electron chi connectivity index (χ4n) is 1.30. The van der Waals surface area contributed by atoms with Crippen molar-refractivity contribution in [1.29, 1.82) is 0 Å². The third-order valence-corrected chi connectivity index (χ3v) is 2.88. The van der Waals surface area contributed by atoms with Gasteiger partial charge in [0.1, 0.15) is 5.82 Å². The molecule has 0 fully saturated rings. The zero-order valence-corrected chi connectivity index (χ0v) is 11.1. The Kier molecular flexibility index (Phi) is 4.61. The highest BCUT2D eigenvalue weighted by Gasteiger charge is 2.26. The highest BCUT2D eigenvalue weighted by molar-refractivity contribution is 5.99. The van der Waals surface area contributed by atoms with Gasteiger partial charge in [0.15, 0.2) is 0 Å². The van der Waals surface area contributed by atoms with E-state index < -0.39 is 23.2 Å². The van der Waals surface area contributed by atoms with Crippen molar-refractivity contribution in [3.63, 3.8) is 0 Å². The van der Waals surface area contributed by atoms with Crippen LogP contribution in [-0.4, -0.2) is 24.5 Å². The summed E-state index contributed by atoms with van der Waals surface area (Å²) in [6.45, 7) is 3.37. The molecule has 0 radical (unpaired) electrons. The van der Waals surface area contributed by atoms with Crippen LogP contribution in [0.3, 0.4) is 0 Å². The Balaban J connectivity index is 2.98. The molecule has 104 valence electrons. The molecule has 0 bridgehead atoms. The molecule has 1 rings (SSSR count). The van der Waals surface area contributed by atoms with Crippen molar-refractivity contribution >= 4 is 17.6 Å². The number of ether oxygens (including phenoxy) is 1. The predicted molar refractivity (Wildman–Crippen MR) is 69.3 cm³/mol. The first kappa shape index (κ1) is 15.1. The number of nitrogens with one attached hydrogen (secondary N) is 1. The molecule has 0 aliphatic carbocycles. The van der Waals surface area contributed by atoms with Crippen LogP contribution in [0.5, 0.6) is 0 Å². The molecule has 0 aliphatic heterocycles. The lowest BCUT2D eigenvalue weighted by molar-refractivity contribution is -0.120. The molecule has 6 heteroatoms. The number of halogens is 1. The van der Waals surface area contributed by atoms with Crippen molar-refractivity contribution in [2.24, 2.45) is 5.73 Å². The van der Waals surface area contributed by atoms with Gasteiger partial charge in [-0.15, -0.1) is 0 Å². The van der Waals surface area contributed by atoms with Crippen molar-refractivity contribution in [1.82, 2.24) is 0 Å². The summed E-state index contributed by atoms with van der Waals surface area (Å²) in [6, 6.07) is 3.65. The molecule has 0 saturated carbocycles. The van der Waals surface area contributed by atoms with Gasteiger partial charge < -0.3 is 15.8 Å². The first-order valence-electron chi connectivity index (χ1n) is 5.80. The second kappa shape index (κ2) is 5.79. The number of benzene rings is 1. The smallest absolute Gasteiger partial charge is 0.340 e. The maximum absolute atomic E-state index is 13.4. The Morgan fingerprint density at radius 3 is 2.63 bits per heavy atom. The molecule has 1 aromatic carbocycles. The molecule has 3 N–H and O–H groups in total. The van der Waals surface area contributed by atoms with Gasteiger partial charge in [-0.3, -0.25) is 4.79 Å². The minimum absolute atomic E-state index is 0.240. The average molecular weight is 268 g/mol. The van der Waals surface area contributed by atoms with Crippen LogP contribution >= 0.6 is 0 Å². The topological polar surface area (TPSA) is 81.4 Å². The van der Waals surface area contributed by atoms with E-state index >= 15 is 0 Å². The number of amides is 1. The summed E-state index contributed by atoms with van der Waals surface area (Å²) in [5.74, 6) is -1.92. The fraction of sp³-hybridized carbons (Fsp3) is 0.385. The Bertz CT molecular complexity index is 501. The molecule has 1 amide bonds. The van der Waals surface area contributed by atoms with Gasteiger partial charge in [-0.05, 0) is 31.5 Å². The summed E-state index contributed by atoms with van der Waals surface area (Å²) < 4.78 is 17.9. The first-order chi connectivity index (χ1) is 8.81. The number of anilines is 1. The largest absolute Gasteiger partial charge is 0.465 e. The SMILES string of the molecule is CCC(C)(N)C(=O)Nc1ccc(F)c(C(=O)OC)c1. The molecule has 5 nitrogen and oxygen atoms in total. The minimum Gasteiger partial charge on any atom is -0.465 e. The maximum atomic E-state index is 13.4. The van der Waals surface area contributed by atoms with Crippen molar-refractivity contribution in [2.75, 3.05) is 12.4 Å². The molecule has 0 spiro atoms. The van der Waals surface area contributed by atoms with E-state index in [9.17, 15) is 14.0 Å². The van der Waals surface area contributed by atoms with Gasteiger partial charge in [0.25, 0.3) is 0 Å². The minimum atomic E-state index is -1.03. The fourth-order valence-corrected chi connectivity index (χ4v) is 1.30. The molecule has 1 unspecified atom stereocenters. The maximum Gasteiger partial charge on any atom is 0.340 e. The van der Waals surface area contributed by atoms with E-state index in [0.29, 0.717) is 6.42 Å². The second-order valence-electron chi connectivity index (χ2n) is 4.41. The number of carbonyl (C=O) groups excluding carboxylic acids is 2. The molecular weight excluding hydrogens is 251 g/mol. The molecule has 0 saturated heterocycles. The third kappa shape index (κ3) is 3.51. The molecule has 1 aromatic rings. The quantitative estimate of drug-likeness (QED) is 0.814. The summed E-state index contributed by atoms with van der Waals surface area (Å²) in [4.78, 5) is 23.2. The third-order valence-electron chi connectivity index (χ3n) is 2.88. The van der Waals surface area contributed by atoms with E-state index in [-0.39, 0.29) is 11.3 Å². The molecular formula is C13H17FN2O3. The van der Waals surface area contributed by atoms with Crippen molar-refractivity contribution < 1.29 is 18.7 Å². The normalized spacial score (nSPS) is 13.5. The Hall–Kier alpha value is -1.95. The lowest BCUT2D eigenvalue weighted by Gasteiger charge is -2.21. The zero-order valence-electron chi connectivity index (χ0n) is 11.1. The van der Waals surface area contributed by atoms with Crippen LogP contribution in [0.15, 0.2) is 18.2 Å². The van der Waals surface area contributed by atoms with Crippen LogP contribution < -0.4 is 11.1 Å². The van der Waals surface area contributed by atoms with Crippen LogP contribution in [0.2, 0.25) is 0 Å².